The zero-order chi connectivity index (χ0) is 24.1. The Morgan fingerprint density at radius 1 is 0.743 bits per heavy atom. The van der Waals surface area contributed by atoms with Gasteiger partial charge in [0.05, 0.1) is 22.8 Å². The van der Waals surface area contributed by atoms with Crippen molar-refractivity contribution >= 4 is 27.9 Å². The van der Waals surface area contributed by atoms with E-state index in [4.69, 9.17) is 9.98 Å². The first kappa shape index (κ1) is 22.2. The standard InChI is InChI=1S/C33H34N2/c1-20(2)26-10-7-11-27(21(3)4)31(26)35-33-29-13-6-9-24-8-5-12-28(30(24)29)32(33)34-25-18-16-23(17-19-25)22-14-15-22/h5-13,16,18-23H,14-15,17H2,1-4H3/b34-32+,35-33+. The van der Waals surface area contributed by atoms with Crippen LogP contribution in [0.5, 0.6) is 0 Å². The van der Waals surface area contributed by atoms with Crippen molar-refractivity contribution in [3.63, 3.8) is 0 Å². The smallest absolute Gasteiger partial charge is 0.0979 e. The molecule has 3 aliphatic rings. The van der Waals surface area contributed by atoms with E-state index < -0.39 is 0 Å². The topological polar surface area (TPSA) is 24.7 Å². The summed E-state index contributed by atoms with van der Waals surface area (Å²) in [6.45, 7) is 9.04. The summed E-state index contributed by atoms with van der Waals surface area (Å²) in [6, 6.07) is 19.8. The van der Waals surface area contributed by atoms with Crippen LogP contribution >= 0.6 is 0 Å². The number of allylic oxidation sites excluding steroid dienone is 3. The van der Waals surface area contributed by atoms with Crippen LogP contribution in [0.4, 0.5) is 5.69 Å². The molecule has 0 aliphatic heterocycles. The summed E-state index contributed by atoms with van der Waals surface area (Å²) in [5.74, 6) is 2.39. The van der Waals surface area contributed by atoms with Gasteiger partial charge in [0, 0.05) is 16.5 Å². The van der Waals surface area contributed by atoms with E-state index in [9.17, 15) is 0 Å². The molecule has 0 N–H and O–H groups in total. The molecule has 1 unspecified atom stereocenters. The molecule has 1 saturated carbocycles. The molecular formula is C33H34N2. The van der Waals surface area contributed by atoms with Crippen LogP contribution in [0.25, 0.3) is 10.8 Å². The van der Waals surface area contributed by atoms with Gasteiger partial charge >= 0.3 is 0 Å². The highest BCUT2D eigenvalue weighted by Gasteiger charge is 2.31. The SMILES string of the molecule is CC(C)c1cccc(C(C)C)c1/N=C1/C(=N/C2=CCC(C3CC3)C=C2)c2cccc3cccc1c23. The van der Waals surface area contributed by atoms with Gasteiger partial charge in [-0.3, -0.25) is 0 Å². The van der Waals surface area contributed by atoms with Gasteiger partial charge in [-0.2, -0.15) is 0 Å². The van der Waals surface area contributed by atoms with Gasteiger partial charge in [0.15, 0.2) is 0 Å². The minimum absolute atomic E-state index is 0.399. The molecular weight excluding hydrogens is 424 g/mol. The average molecular weight is 459 g/mol. The van der Waals surface area contributed by atoms with Gasteiger partial charge in [-0.15, -0.1) is 0 Å². The first-order valence-electron chi connectivity index (χ1n) is 13.2. The maximum absolute atomic E-state index is 5.47. The van der Waals surface area contributed by atoms with Crippen LogP contribution in [0.15, 0.2) is 88.5 Å². The highest BCUT2D eigenvalue weighted by atomic mass is 14.8. The summed E-state index contributed by atoms with van der Waals surface area (Å²) >= 11 is 0. The third-order valence-electron chi connectivity index (χ3n) is 7.79. The van der Waals surface area contributed by atoms with Crippen LogP contribution in [0.1, 0.15) is 81.0 Å². The van der Waals surface area contributed by atoms with Crippen molar-refractivity contribution in [2.75, 3.05) is 0 Å². The maximum Gasteiger partial charge on any atom is 0.0979 e. The second kappa shape index (κ2) is 8.75. The first-order chi connectivity index (χ1) is 17.0. The Balaban J connectivity index is 1.55. The van der Waals surface area contributed by atoms with Gasteiger partial charge in [0.25, 0.3) is 0 Å². The molecule has 2 nitrogen and oxygen atoms in total. The minimum Gasteiger partial charge on any atom is -0.246 e. The fourth-order valence-corrected chi connectivity index (χ4v) is 5.68. The molecule has 6 rings (SSSR count). The van der Waals surface area contributed by atoms with E-state index in [0.29, 0.717) is 17.8 Å². The Labute approximate surface area is 209 Å². The predicted molar refractivity (Wildman–Crippen MR) is 149 cm³/mol. The molecule has 0 heterocycles. The van der Waals surface area contributed by atoms with E-state index >= 15 is 0 Å². The third kappa shape index (κ3) is 3.99. The van der Waals surface area contributed by atoms with Gasteiger partial charge in [0.1, 0.15) is 0 Å². The average Bonchev–Trinajstić information content (AvgIpc) is 3.67. The van der Waals surface area contributed by atoms with Crippen LogP contribution in [0, 0.1) is 11.8 Å². The summed E-state index contributed by atoms with van der Waals surface area (Å²) < 4.78 is 0. The summed E-state index contributed by atoms with van der Waals surface area (Å²) in [4.78, 5) is 10.8. The van der Waals surface area contributed by atoms with Gasteiger partial charge in [-0.05, 0) is 65.5 Å². The van der Waals surface area contributed by atoms with E-state index in [2.05, 4.69) is 101 Å². The molecule has 35 heavy (non-hydrogen) atoms. The number of hydrogen-bond donors (Lipinski definition) is 0. The maximum atomic E-state index is 5.47. The number of aliphatic imine (C=N–C) groups is 2. The van der Waals surface area contributed by atoms with Crippen LogP contribution in [-0.2, 0) is 0 Å². The molecule has 3 aromatic rings. The van der Waals surface area contributed by atoms with E-state index in [1.807, 2.05) is 0 Å². The third-order valence-corrected chi connectivity index (χ3v) is 7.79. The van der Waals surface area contributed by atoms with Crippen LogP contribution in [-0.4, -0.2) is 11.4 Å². The number of hydrogen-bond acceptors (Lipinski definition) is 2. The minimum atomic E-state index is 0.399. The van der Waals surface area contributed by atoms with Crippen molar-refractivity contribution in [1.29, 1.82) is 0 Å². The van der Waals surface area contributed by atoms with Crippen molar-refractivity contribution in [1.82, 2.24) is 0 Å². The molecule has 0 radical (unpaired) electrons. The Kier molecular flexibility index (Phi) is 5.56. The molecule has 3 aliphatic carbocycles. The Hall–Kier alpha value is -3.26. The molecule has 0 aromatic heterocycles. The lowest BCUT2D eigenvalue weighted by atomic mass is 9.92. The van der Waals surface area contributed by atoms with E-state index in [1.165, 1.54) is 45.9 Å². The quantitative estimate of drug-likeness (QED) is 0.365. The molecule has 0 saturated heterocycles. The van der Waals surface area contributed by atoms with Crippen molar-refractivity contribution in [3.05, 3.63) is 101 Å². The zero-order valence-corrected chi connectivity index (χ0v) is 21.3. The van der Waals surface area contributed by atoms with E-state index in [1.54, 1.807) is 0 Å². The van der Waals surface area contributed by atoms with Crippen molar-refractivity contribution in [2.45, 2.75) is 58.8 Å². The molecule has 0 spiro atoms. The van der Waals surface area contributed by atoms with Crippen LogP contribution in [0.2, 0.25) is 0 Å². The Morgan fingerprint density at radius 2 is 1.34 bits per heavy atom. The number of para-hydroxylation sites is 1. The number of nitrogens with zero attached hydrogens (tertiary/aromatic N) is 2. The van der Waals surface area contributed by atoms with Gasteiger partial charge in [-0.1, -0.05) is 94.4 Å². The normalized spacial score (nSPS) is 21.7. The van der Waals surface area contributed by atoms with Gasteiger partial charge in [-0.25, -0.2) is 9.98 Å². The molecule has 0 bridgehead atoms. The van der Waals surface area contributed by atoms with Crippen LogP contribution in [0.3, 0.4) is 0 Å². The lowest BCUT2D eigenvalue weighted by molar-refractivity contribution is 0.570. The summed E-state index contributed by atoms with van der Waals surface area (Å²) in [5, 5.41) is 2.53. The van der Waals surface area contributed by atoms with Crippen molar-refractivity contribution in [3.8, 4) is 0 Å². The molecule has 1 atom stereocenters. The van der Waals surface area contributed by atoms with Crippen LogP contribution < -0.4 is 0 Å². The van der Waals surface area contributed by atoms with E-state index in [-0.39, 0.29) is 0 Å². The molecule has 2 heteroatoms. The highest BCUT2D eigenvalue weighted by molar-refractivity contribution is 6.61. The Morgan fingerprint density at radius 3 is 1.89 bits per heavy atom. The number of benzene rings is 3. The lowest BCUT2D eigenvalue weighted by Gasteiger charge is -2.17. The molecule has 176 valence electrons. The molecule has 1 fully saturated rings. The number of rotatable bonds is 5. The first-order valence-corrected chi connectivity index (χ1v) is 13.2. The zero-order valence-electron chi connectivity index (χ0n) is 21.3. The molecule has 3 aromatic carbocycles. The highest BCUT2D eigenvalue weighted by Crippen LogP contribution is 2.42. The second-order valence-electron chi connectivity index (χ2n) is 10.9. The van der Waals surface area contributed by atoms with E-state index in [0.717, 1.165) is 35.1 Å². The predicted octanol–water partition coefficient (Wildman–Crippen LogP) is 8.88. The Bertz CT molecular complexity index is 1400. The lowest BCUT2D eigenvalue weighted by Crippen LogP contribution is -2.12. The second-order valence-corrected chi connectivity index (χ2v) is 10.9. The largest absolute Gasteiger partial charge is 0.246 e. The fraction of sp³-hybridized carbons (Fsp3) is 0.333. The molecule has 0 amide bonds. The summed E-state index contributed by atoms with van der Waals surface area (Å²) in [6.07, 6.45) is 10.8. The fourth-order valence-electron chi connectivity index (χ4n) is 5.68. The van der Waals surface area contributed by atoms with Gasteiger partial charge in [0.2, 0.25) is 0 Å². The monoisotopic (exact) mass is 458 g/mol. The van der Waals surface area contributed by atoms with Crippen molar-refractivity contribution < 1.29 is 0 Å². The van der Waals surface area contributed by atoms with Crippen molar-refractivity contribution in [2.24, 2.45) is 21.8 Å². The van der Waals surface area contributed by atoms with Gasteiger partial charge < -0.3 is 0 Å². The summed E-state index contributed by atoms with van der Waals surface area (Å²) in [5.41, 5.74) is 9.19. The summed E-state index contributed by atoms with van der Waals surface area (Å²) in [7, 11) is 0.